The zero-order valence-electron chi connectivity index (χ0n) is 14.5. The van der Waals surface area contributed by atoms with Crippen molar-refractivity contribution in [2.75, 3.05) is 0 Å². The van der Waals surface area contributed by atoms with Crippen LogP contribution in [0.5, 0.6) is 0 Å². The standard InChI is InChI=1S/C23H25N.BrH/c24-23(18-21-12-6-2-7-13-21,19-22-14-8-3-9-15-22)17-16-20-10-4-1-5-11-20;/h1-15H,16-19,24H2;1H. The van der Waals surface area contributed by atoms with E-state index in [2.05, 4.69) is 91.0 Å². The quantitative estimate of drug-likeness (QED) is 0.570. The van der Waals surface area contributed by atoms with E-state index < -0.39 is 0 Å². The first kappa shape index (κ1) is 19.4. The van der Waals surface area contributed by atoms with Gasteiger partial charge in [0.15, 0.2) is 0 Å². The number of benzene rings is 3. The lowest BCUT2D eigenvalue weighted by Crippen LogP contribution is -2.44. The van der Waals surface area contributed by atoms with Gasteiger partial charge in [-0.3, -0.25) is 0 Å². The fraction of sp³-hybridized carbons (Fsp3) is 0.217. The van der Waals surface area contributed by atoms with E-state index in [1.807, 2.05) is 0 Å². The van der Waals surface area contributed by atoms with E-state index in [1.54, 1.807) is 0 Å². The second kappa shape index (κ2) is 9.55. The molecule has 0 radical (unpaired) electrons. The average Bonchev–Trinajstić information content (AvgIpc) is 2.63. The number of hydrogen-bond acceptors (Lipinski definition) is 1. The molecule has 0 spiro atoms. The van der Waals surface area contributed by atoms with Crippen molar-refractivity contribution in [3.05, 3.63) is 108 Å². The molecule has 0 aliphatic carbocycles. The summed E-state index contributed by atoms with van der Waals surface area (Å²) in [5.41, 5.74) is 10.6. The monoisotopic (exact) mass is 395 g/mol. The van der Waals surface area contributed by atoms with Crippen molar-refractivity contribution in [2.24, 2.45) is 5.73 Å². The normalized spacial score (nSPS) is 10.9. The SMILES string of the molecule is Br.NC(CCc1ccccc1)(Cc1ccccc1)Cc1ccccc1. The van der Waals surface area contributed by atoms with E-state index in [4.69, 9.17) is 5.73 Å². The van der Waals surface area contributed by atoms with Crippen molar-refractivity contribution >= 4 is 17.0 Å². The van der Waals surface area contributed by atoms with Gasteiger partial charge < -0.3 is 5.73 Å². The maximum absolute atomic E-state index is 6.91. The molecule has 0 aliphatic heterocycles. The molecule has 1 nitrogen and oxygen atoms in total. The fourth-order valence-electron chi connectivity index (χ4n) is 3.28. The minimum absolute atomic E-state index is 0. The zero-order valence-corrected chi connectivity index (χ0v) is 16.2. The summed E-state index contributed by atoms with van der Waals surface area (Å²) >= 11 is 0. The molecule has 2 heteroatoms. The van der Waals surface area contributed by atoms with Gasteiger partial charge in [0.05, 0.1) is 0 Å². The molecule has 0 saturated heterocycles. The van der Waals surface area contributed by atoms with Gasteiger partial charge in [-0.2, -0.15) is 0 Å². The molecule has 0 heterocycles. The highest BCUT2D eigenvalue weighted by atomic mass is 79.9. The summed E-state index contributed by atoms with van der Waals surface area (Å²) < 4.78 is 0. The predicted molar refractivity (Wildman–Crippen MR) is 112 cm³/mol. The summed E-state index contributed by atoms with van der Waals surface area (Å²) in [6.45, 7) is 0. The van der Waals surface area contributed by atoms with E-state index in [0.717, 1.165) is 25.7 Å². The van der Waals surface area contributed by atoms with Crippen molar-refractivity contribution in [2.45, 2.75) is 31.2 Å². The summed E-state index contributed by atoms with van der Waals surface area (Å²) in [7, 11) is 0. The Morgan fingerprint density at radius 1 is 0.560 bits per heavy atom. The summed E-state index contributed by atoms with van der Waals surface area (Å²) in [5.74, 6) is 0. The highest BCUT2D eigenvalue weighted by molar-refractivity contribution is 8.93. The van der Waals surface area contributed by atoms with Gasteiger partial charge in [0.25, 0.3) is 0 Å². The minimum Gasteiger partial charge on any atom is -0.324 e. The molecule has 130 valence electrons. The Kier molecular flexibility index (Phi) is 7.42. The number of hydrogen-bond donors (Lipinski definition) is 1. The Hall–Kier alpha value is -1.90. The number of nitrogens with two attached hydrogens (primary N) is 1. The van der Waals surface area contributed by atoms with Crippen molar-refractivity contribution < 1.29 is 0 Å². The van der Waals surface area contributed by atoms with Crippen LogP contribution < -0.4 is 5.73 Å². The van der Waals surface area contributed by atoms with Gasteiger partial charge in [-0.25, -0.2) is 0 Å². The third-order valence-electron chi connectivity index (χ3n) is 4.55. The Bertz CT molecular complexity index is 684. The second-order valence-electron chi connectivity index (χ2n) is 6.67. The van der Waals surface area contributed by atoms with E-state index in [0.29, 0.717) is 0 Å². The molecule has 3 aromatic carbocycles. The van der Waals surface area contributed by atoms with Crippen LogP contribution in [-0.2, 0) is 19.3 Å². The average molecular weight is 396 g/mol. The topological polar surface area (TPSA) is 26.0 Å². The third-order valence-corrected chi connectivity index (χ3v) is 4.55. The molecular formula is C23H26BrN. The Morgan fingerprint density at radius 2 is 0.920 bits per heavy atom. The molecule has 0 saturated carbocycles. The Morgan fingerprint density at radius 3 is 1.32 bits per heavy atom. The van der Waals surface area contributed by atoms with Crippen LogP contribution in [0.25, 0.3) is 0 Å². The van der Waals surface area contributed by atoms with Crippen LogP contribution in [0.2, 0.25) is 0 Å². The van der Waals surface area contributed by atoms with Gasteiger partial charge in [0.1, 0.15) is 0 Å². The zero-order chi connectivity index (χ0) is 16.7. The lowest BCUT2D eigenvalue weighted by atomic mass is 9.81. The Labute approximate surface area is 161 Å². The molecule has 0 aromatic heterocycles. The van der Waals surface area contributed by atoms with Crippen molar-refractivity contribution in [1.29, 1.82) is 0 Å². The van der Waals surface area contributed by atoms with Crippen LogP contribution in [0.4, 0.5) is 0 Å². The molecule has 0 fully saturated rings. The summed E-state index contributed by atoms with van der Waals surface area (Å²) in [4.78, 5) is 0. The maximum Gasteiger partial charge on any atom is 0.0239 e. The smallest absolute Gasteiger partial charge is 0.0239 e. The molecule has 3 aromatic rings. The highest BCUT2D eigenvalue weighted by Gasteiger charge is 2.25. The largest absolute Gasteiger partial charge is 0.324 e. The lowest BCUT2D eigenvalue weighted by Gasteiger charge is -2.30. The third kappa shape index (κ3) is 6.15. The highest BCUT2D eigenvalue weighted by Crippen LogP contribution is 2.22. The van der Waals surface area contributed by atoms with Gasteiger partial charge in [-0.1, -0.05) is 91.0 Å². The summed E-state index contributed by atoms with van der Waals surface area (Å²) in [5, 5.41) is 0. The Balaban J connectivity index is 0.00000225. The summed E-state index contributed by atoms with van der Waals surface area (Å²) in [6, 6.07) is 31.8. The van der Waals surface area contributed by atoms with Gasteiger partial charge in [0, 0.05) is 5.54 Å². The van der Waals surface area contributed by atoms with Gasteiger partial charge >= 0.3 is 0 Å². The molecule has 0 atom stereocenters. The van der Waals surface area contributed by atoms with Crippen molar-refractivity contribution in [3.63, 3.8) is 0 Å². The van der Waals surface area contributed by atoms with Crippen LogP contribution in [0, 0.1) is 0 Å². The molecule has 0 amide bonds. The maximum atomic E-state index is 6.91. The molecule has 2 N–H and O–H groups in total. The van der Waals surface area contributed by atoms with Crippen LogP contribution in [0.1, 0.15) is 23.1 Å². The number of aryl methyl sites for hydroxylation is 1. The van der Waals surface area contributed by atoms with Crippen molar-refractivity contribution in [1.82, 2.24) is 0 Å². The molecule has 0 unspecified atom stereocenters. The minimum atomic E-state index is -0.238. The van der Waals surface area contributed by atoms with Gasteiger partial charge in [-0.05, 0) is 42.4 Å². The van der Waals surface area contributed by atoms with Gasteiger partial charge in [-0.15, -0.1) is 17.0 Å². The summed E-state index contributed by atoms with van der Waals surface area (Å²) in [6.07, 6.45) is 3.78. The predicted octanol–water partition coefficient (Wildman–Crippen LogP) is 5.38. The lowest BCUT2D eigenvalue weighted by molar-refractivity contribution is 0.387. The van der Waals surface area contributed by atoms with E-state index >= 15 is 0 Å². The first-order valence-corrected chi connectivity index (χ1v) is 8.64. The van der Waals surface area contributed by atoms with Crippen LogP contribution in [0.15, 0.2) is 91.0 Å². The second-order valence-corrected chi connectivity index (χ2v) is 6.67. The van der Waals surface area contributed by atoms with Crippen LogP contribution in [0.3, 0.4) is 0 Å². The van der Waals surface area contributed by atoms with Crippen LogP contribution in [-0.4, -0.2) is 5.54 Å². The molecule has 3 rings (SSSR count). The first-order chi connectivity index (χ1) is 11.7. The van der Waals surface area contributed by atoms with E-state index in [9.17, 15) is 0 Å². The first-order valence-electron chi connectivity index (χ1n) is 8.64. The van der Waals surface area contributed by atoms with Crippen LogP contribution >= 0.6 is 17.0 Å². The molecule has 0 aliphatic rings. The number of halogens is 1. The van der Waals surface area contributed by atoms with E-state index in [-0.39, 0.29) is 22.5 Å². The molecular weight excluding hydrogens is 370 g/mol. The fourth-order valence-corrected chi connectivity index (χ4v) is 3.28. The number of rotatable bonds is 7. The van der Waals surface area contributed by atoms with Crippen molar-refractivity contribution in [3.8, 4) is 0 Å². The molecule has 25 heavy (non-hydrogen) atoms. The molecule has 0 bridgehead atoms. The van der Waals surface area contributed by atoms with Gasteiger partial charge in [0.2, 0.25) is 0 Å². The van der Waals surface area contributed by atoms with E-state index in [1.165, 1.54) is 16.7 Å².